The predicted octanol–water partition coefficient (Wildman–Crippen LogP) is 0.977. The van der Waals surface area contributed by atoms with E-state index >= 15 is 0 Å². The molecule has 1 saturated heterocycles. The molecule has 0 radical (unpaired) electrons. The third-order valence-electron chi connectivity index (χ3n) is 4.34. The molecule has 7 nitrogen and oxygen atoms in total. The Bertz CT molecular complexity index is 426. The number of likely N-dealkylation sites (tertiary alicyclic amines) is 1. The smallest absolute Gasteiger partial charge is 0.328 e. The van der Waals surface area contributed by atoms with Gasteiger partial charge >= 0.3 is 18.0 Å². The van der Waals surface area contributed by atoms with E-state index in [-0.39, 0.29) is 18.0 Å². The Morgan fingerprint density at radius 3 is 2.62 bits per heavy atom. The largest absolute Gasteiger partial charge is 0.481 e. The van der Waals surface area contributed by atoms with Crippen molar-refractivity contribution in [3.8, 4) is 0 Å². The molecule has 118 valence electrons. The van der Waals surface area contributed by atoms with E-state index in [1.54, 1.807) is 0 Å². The summed E-state index contributed by atoms with van der Waals surface area (Å²) >= 11 is 0. The van der Waals surface area contributed by atoms with Crippen molar-refractivity contribution >= 4 is 18.0 Å². The molecule has 0 spiro atoms. The maximum absolute atomic E-state index is 12.3. The van der Waals surface area contributed by atoms with E-state index in [1.807, 2.05) is 0 Å². The Kier molecular flexibility index (Phi) is 5.03. The molecule has 0 aromatic heterocycles. The molecule has 1 heterocycles. The summed E-state index contributed by atoms with van der Waals surface area (Å²) < 4.78 is 4.71. The number of esters is 1. The van der Waals surface area contributed by atoms with Crippen molar-refractivity contribution in [2.45, 2.75) is 50.6 Å². The second kappa shape index (κ2) is 6.78. The van der Waals surface area contributed by atoms with Crippen LogP contribution >= 0.6 is 0 Å². The number of nitrogens with zero attached hydrogens (tertiary/aromatic N) is 1. The van der Waals surface area contributed by atoms with Gasteiger partial charge in [0.1, 0.15) is 6.04 Å². The Morgan fingerprint density at radius 1 is 1.19 bits per heavy atom. The van der Waals surface area contributed by atoms with Gasteiger partial charge in [-0.1, -0.05) is 6.42 Å². The minimum Gasteiger partial charge on any atom is -0.481 e. The molecular formula is C14H22N2O5. The lowest BCUT2D eigenvalue weighted by Gasteiger charge is -2.30. The molecule has 1 aliphatic heterocycles. The molecule has 3 atom stereocenters. The molecule has 0 bridgehead atoms. The van der Waals surface area contributed by atoms with Gasteiger partial charge < -0.3 is 20.1 Å². The van der Waals surface area contributed by atoms with Gasteiger partial charge in [-0.05, 0) is 32.1 Å². The van der Waals surface area contributed by atoms with Gasteiger partial charge in [-0.2, -0.15) is 0 Å². The van der Waals surface area contributed by atoms with Gasteiger partial charge in [0, 0.05) is 12.6 Å². The summed E-state index contributed by atoms with van der Waals surface area (Å²) in [5.41, 5.74) is 0. The van der Waals surface area contributed by atoms with Crippen LogP contribution in [0.25, 0.3) is 0 Å². The second-order valence-electron chi connectivity index (χ2n) is 5.72. The summed E-state index contributed by atoms with van der Waals surface area (Å²) in [7, 11) is 1.31. The summed E-state index contributed by atoms with van der Waals surface area (Å²) in [5, 5.41) is 11.9. The van der Waals surface area contributed by atoms with Crippen LogP contribution in [-0.2, 0) is 14.3 Å². The molecule has 2 N–H and O–H groups in total. The standard InChI is InChI=1S/C14H22N2O5/c1-21-13(19)11-6-3-7-16(11)14(20)15-10-5-2-4-9(8-10)12(17)18/h9-11H,2-8H2,1H3,(H,15,20)(H,17,18). The highest BCUT2D eigenvalue weighted by atomic mass is 16.5. The molecule has 2 aliphatic rings. The zero-order valence-electron chi connectivity index (χ0n) is 12.2. The van der Waals surface area contributed by atoms with Crippen LogP contribution in [0.2, 0.25) is 0 Å². The fourth-order valence-corrected chi connectivity index (χ4v) is 3.19. The Morgan fingerprint density at radius 2 is 1.95 bits per heavy atom. The van der Waals surface area contributed by atoms with Crippen LogP contribution in [0.5, 0.6) is 0 Å². The van der Waals surface area contributed by atoms with Gasteiger partial charge in [-0.15, -0.1) is 0 Å². The molecule has 7 heteroatoms. The van der Waals surface area contributed by atoms with Gasteiger partial charge in [0.15, 0.2) is 0 Å². The summed E-state index contributed by atoms with van der Waals surface area (Å²) in [4.78, 5) is 36.5. The van der Waals surface area contributed by atoms with E-state index in [4.69, 9.17) is 9.84 Å². The molecule has 3 unspecified atom stereocenters. The van der Waals surface area contributed by atoms with Crippen molar-refractivity contribution < 1.29 is 24.2 Å². The Balaban J connectivity index is 1.91. The average molecular weight is 298 g/mol. The topological polar surface area (TPSA) is 95.9 Å². The zero-order chi connectivity index (χ0) is 15.4. The predicted molar refractivity (Wildman–Crippen MR) is 73.7 cm³/mol. The molecule has 0 aromatic rings. The first-order valence-electron chi connectivity index (χ1n) is 7.40. The molecule has 0 aromatic carbocycles. The van der Waals surface area contributed by atoms with E-state index in [0.29, 0.717) is 25.8 Å². The van der Waals surface area contributed by atoms with E-state index in [1.165, 1.54) is 12.0 Å². The van der Waals surface area contributed by atoms with Crippen molar-refractivity contribution in [2.75, 3.05) is 13.7 Å². The number of ether oxygens (including phenoxy) is 1. The normalized spacial score (nSPS) is 29.0. The maximum atomic E-state index is 12.3. The van der Waals surface area contributed by atoms with Crippen LogP contribution in [-0.4, -0.2) is 53.7 Å². The number of nitrogens with one attached hydrogen (secondary N) is 1. The van der Waals surface area contributed by atoms with Crippen LogP contribution in [0, 0.1) is 5.92 Å². The Hall–Kier alpha value is -1.79. The minimum absolute atomic E-state index is 0.133. The van der Waals surface area contributed by atoms with E-state index < -0.39 is 18.0 Å². The number of aliphatic carboxylic acids is 1. The number of rotatable bonds is 3. The average Bonchev–Trinajstić information content (AvgIpc) is 2.96. The lowest BCUT2D eigenvalue weighted by molar-refractivity contribution is -0.145. The highest BCUT2D eigenvalue weighted by Gasteiger charge is 2.36. The van der Waals surface area contributed by atoms with Crippen molar-refractivity contribution in [1.29, 1.82) is 0 Å². The van der Waals surface area contributed by atoms with Gasteiger partial charge in [-0.25, -0.2) is 9.59 Å². The number of methoxy groups -OCH3 is 1. The molecular weight excluding hydrogens is 276 g/mol. The third-order valence-corrected chi connectivity index (χ3v) is 4.34. The van der Waals surface area contributed by atoms with E-state index in [2.05, 4.69) is 5.32 Å². The second-order valence-corrected chi connectivity index (χ2v) is 5.72. The number of carboxylic acids is 1. The molecule has 1 aliphatic carbocycles. The number of urea groups is 1. The van der Waals surface area contributed by atoms with Crippen molar-refractivity contribution in [2.24, 2.45) is 5.92 Å². The van der Waals surface area contributed by atoms with Crippen LogP contribution in [0.15, 0.2) is 0 Å². The summed E-state index contributed by atoms with van der Waals surface area (Å²) in [5.74, 6) is -1.59. The third kappa shape index (κ3) is 3.65. The summed E-state index contributed by atoms with van der Waals surface area (Å²) in [6.45, 7) is 0.528. The molecule has 1 saturated carbocycles. The number of hydrogen-bond donors (Lipinski definition) is 2. The van der Waals surface area contributed by atoms with Gasteiger partial charge in [0.2, 0.25) is 0 Å². The van der Waals surface area contributed by atoms with Crippen molar-refractivity contribution in [1.82, 2.24) is 10.2 Å². The molecule has 2 amide bonds. The van der Waals surface area contributed by atoms with Crippen LogP contribution in [0.3, 0.4) is 0 Å². The van der Waals surface area contributed by atoms with Crippen LogP contribution < -0.4 is 5.32 Å². The quantitative estimate of drug-likeness (QED) is 0.757. The molecule has 2 rings (SSSR count). The fraction of sp³-hybridized carbons (Fsp3) is 0.786. The first kappa shape index (κ1) is 15.6. The van der Waals surface area contributed by atoms with Gasteiger partial charge in [0.05, 0.1) is 13.0 Å². The number of amides is 2. The highest BCUT2D eigenvalue weighted by molar-refractivity contribution is 5.84. The number of carbonyl (C=O) groups is 3. The number of hydrogen-bond acceptors (Lipinski definition) is 4. The highest BCUT2D eigenvalue weighted by Crippen LogP contribution is 2.25. The van der Waals surface area contributed by atoms with Crippen molar-refractivity contribution in [3.63, 3.8) is 0 Å². The van der Waals surface area contributed by atoms with Gasteiger partial charge in [0.25, 0.3) is 0 Å². The monoisotopic (exact) mass is 298 g/mol. The van der Waals surface area contributed by atoms with Crippen LogP contribution in [0.4, 0.5) is 4.79 Å². The maximum Gasteiger partial charge on any atom is 0.328 e. The van der Waals surface area contributed by atoms with Crippen molar-refractivity contribution in [3.05, 3.63) is 0 Å². The number of carbonyl (C=O) groups excluding carboxylic acids is 2. The number of carboxylic acid groups (broad SMARTS) is 1. The van der Waals surface area contributed by atoms with Crippen LogP contribution in [0.1, 0.15) is 38.5 Å². The molecule has 2 fully saturated rings. The minimum atomic E-state index is -0.803. The molecule has 21 heavy (non-hydrogen) atoms. The summed E-state index contributed by atoms with van der Waals surface area (Å²) in [6, 6.07) is -0.945. The van der Waals surface area contributed by atoms with E-state index in [9.17, 15) is 14.4 Å². The lowest BCUT2D eigenvalue weighted by atomic mass is 9.86. The Labute approximate surface area is 123 Å². The summed E-state index contributed by atoms with van der Waals surface area (Å²) in [6.07, 6.45) is 4.08. The SMILES string of the molecule is COC(=O)C1CCCN1C(=O)NC1CCCC(C(=O)O)C1. The lowest BCUT2D eigenvalue weighted by Crippen LogP contribution is -2.50. The first-order chi connectivity index (χ1) is 10.0. The fourth-order valence-electron chi connectivity index (χ4n) is 3.19. The first-order valence-corrected chi connectivity index (χ1v) is 7.40. The van der Waals surface area contributed by atoms with E-state index in [0.717, 1.165) is 19.3 Å². The van der Waals surface area contributed by atoms with Gasteiger partial charge in [-0.3, -0.25) is 4.79 Å². The zero-order valence-corrected chi connectivity index (χ0v) is 12.2.